The fourth-order valence-corrected chi connectivity index (χ4v) is 3.37. The Labute approximate surface area is 147 Å². The van der Waals surface area contributed by atoms with Crippen molar-refractivity contribution in [1.29, 1.82) is 0 Å². The number of carbonyl (C=O) groups excluding carboxylic acids is 1. The van der Waals surface area contributed by atoms with Crippen LogP contribution in [0.3, 0.4) is 0 Å². The lowest BCUT2D eigenvalue weighted by atomic mass is 10.2. The van der Waals surface area contributed by atoms with Crippen molar-refractivity contribution in [3.63, 3.8) is 0 Å². The Balaban J connectivity index is 1.84. The average Bonchev–Trinajstić information content (AvgIpc) is 2.51. The van der Waals surface area contributed by atoms with Crippen molar-refractivity contribution in [1.82, 2.24) is 0 Å². The zero-order chi connectivity index (χ0) is 16.8. The van der Waals surface area contributed by atoms with Crippen LogP contribution >= 0.6 is 35.0 Å². The van der Waals surface area contributed by atoms with Gasteiger partial charge in [0.05, 0.1) is 11.3 Å². The number of rotatable bonds is 6. The Hall–Kier alpha value is -1.69. The summed E-state index contributed by atoms with van der Waals surface area (Å²) in [4.78, 5) is 22.6. The standard InChI is InChI=1S/C16H13Cl2NO3S/c17-13-2-1-3-14(18)12(13)8-23-9-15(20)19-11-6-4-10(5-7-11)16(21)22/h1-7H,8-9H2,(H,19,20)(H,21,22). The first-order valence-corrected chi connectivity index (χ1v) is 8.52. The van der Waals surface area contributed by atoms with Gasteiger partial charge in [-0.25, -0.2) is 4.79 Å². The summed E-state index contributed by atoms with van der Waals surface area (Å²) in [6.45, 7) is 0. The van der Waals surface area contributed by atoms with Crippen LogP contribution in [0.4, 0.5) is 5.69 Å². The predicted molar refractivity (Wildman–Crippen MR) is 94.7 cm³/mol. The second-order valence-electron chi connectivity index (χ2n) is 4.62. The van der Waals surface area contributed by atoms with Gasteiger partial charge in [0.25, 0.3) is 0 Å². The lowest BCUT2D eigenvalue weighted by molar-refractivity contribution is -0.113. The Bertz CT molecular complexity index is 700. The van der Waals surface area contributed by atoms with Gasteiger partial charge >= 0.3 is 5.97 Å². The maximum atomic E-state index is 11.9. The van der Waals surface area contributed by atoms with Gasteiger partial charge in [-0.15, -0.1) is 11.8 Å². The molecule has 0 aliphatic carbocycles. The van der Waals surface area contributed by atoms with Gasteiger partial charge in [-0.2, -0.15) is 0 Å². The summed E-state index contributed by atoms with van der Waals surface area (Å²) in [6.07, 6.45) is 0. The van der Waals surface area contributed by atoms with Gasteiger partial charge < -0.3 is 10.4 Å². The van der Waals surface area contributed by atoms with Crippen LogP contribution in [0.1, 0.15) is 15.9 Å². The summed E-state index contributed by atoms with van der Waals surface area (Å²) in [5, 5.41) is 12.7. The minimum atomic E-state index is -1.00. The number of carboxylic acid groups (broad SMARTS) is 1. The molecule has 0 radical (unpaired) electrons. The maximum Gasteiger partial charge on any atom is 0.335 e. The molecule has 2 aromatic carbocycles. The number of carboxylic acids is 1. The second kappa shape index (κ2) is 8.24. The first-order valence-electron chi connectivity index (χ1n) is 6.61. The van der Waals surface area contributed by atoms with E-state index in [1.165, 1.54) is 23.9 Å². The Morgan fingerprint density at radius 3 is 2.22 bits per heavy atom. The van der Waals surface area contributed by atoms with Crippen molar-refractivity contribution in [2.75, 3.05) is 11.1 Å². The SMILES string of the molecule is O=C(CSCc1c(Cl)cccc1Cl)Nc1ccc(C(=O)O)cc1. The molecule has 0 atom stereocenters. The molecule has 0 unspecified atom stereocenters. The Morgan fingerprint density at radius 2 is 1.65 bits per heavy atom. The van der Waals surface area contributed by atoms with Crippen molar-refractivity contribution in [3.8, 4) is 0 Å². The highest BCUT2D eigenvalue weighted by molar-refractivity contribution is 7.99. The van der Waals surface area contributed by atoms with E-state index in [1.54, 1.807) is 30.3 Å². The number of carbonyl (C=O) groups is 2. The summed E-state index contributed by atoms with van der Waals surface area (Å²) in [5.41, 5.74) is 1.53. The average molecular weight is 370 g/mol. The zero-order valence-corrected chi connectivity index (χ0v) is 14.2. The summed E-state index contributed by atoms with van der Waals surface area (Å²) >= 11 is 13.5. The molecule has 0 aromatic heterocycles. The molecule has 2 rings (SSSR count). The zero-order valence-electron chi connectivity index (χ0n) is 11.9. The van der Waals surface area contributed by atoms with Gasteiger partial charge in [0, 0.05) is 21.5 Å². The van der Waals surface area contributed by atoms with E-state index in [2.05, 4.69) is 5.32 Å². The van der Waals surface area contributed by atoms with E-state index >= 15 is 0 Å². The van der Waals surface area contributed by atoms with Gasteiger partial charge in [0.1, 0.15) is 0 Å². The number of hydrogen-bond acceptors (Lipinski definition) is 3. The molecule has 2 N–H and O–H groups in total. The second-order valence-corrected chi connectivity index (χ2v) is 6.42. The maximum absolute atomic E-state index is 11.9. The molecule has 0 aliphatic rings. The normalized spacial score (nSPS) is 10.3. The van der Waals surface area contributed by atoms with E-state index in [-0.39, 0.29) is 17.2 Å². The molecule has 1 amide bonds. The molecule has 0 heterocycles. The van der Waals surface area contributed by atoms with Crippen LogP contribution in [0, 0.1) is 0 Å². The van der Waals surface area contributed by atoms with Crippen LogP contribution in [-0.2, 0) is 10.5 Å². The molecule has 4 nitrogen and oxygen atoms in total. The monoisotopic (exact) mass is 369 g/mol. The number of thioether (sulfide) groups is 1. The summed E-state index contributed by atoms with van der Waals surface area (Å²) in [7, 11) is 0. The van der Waals surface area contributed by atoms with Crippen molar-refractivity contribution in [2.45, 2.75) is 5.75 Å². The van der Waals surface area contributed by atoms with Gasteiger partial charge in [-0.3, -0.25) is 4.79 Å². The first-order chi connectivity index (χ1) is 11.0. The summed E-state index contributed by atoms with van der Waals surface area (Å²) < 4.78 is 0. The van der Waals surface area contributed by atoms with Gasteiger partial charge in [-0.05, 0) is 42.0 Å². The highest BCUT2D eigenvalue weighted by atomic mass is 35.5. The van der Waals surface area contributed by atoms with Gasteiger partial charge in [-0.1, -0.05) is 29.3 Å². The molecule has 23 heavy (non-hydrogen) atoms. The molecule has 0 bridgehead atoms. The smallest absolute Gasteiger partial charge is 0.335 e. The molecular weight excluding hydrogens is 357 g/mol. The molecule has 0 spiro atoms. The molecule has 0 saturated heterocycles. The third-order valence-electron chi connectivity index (χ3n) is 2.96. The summed E-state index contributed by atoms with van der Waals surface area (Å²) in [5.74, 6) is -0.414. The molecule has 0 saturated carbocycles. The van der Waals surface area contributed by atoms with Crippen LogP contribution in [-0.4, -0.2) is 22.7 Å². The van der Waals surface area contributed by atoms with Crippen LogP contribution < -0.4 is 5.32 Å². The third kappa shape index (κ3) is 5.16. The fraction of sp³-hybridized carbons (Fsp3) is 0.125. The number of hydrogen-bond donors (Lipinski definition) is 2. The van der Waals surface area contributed by atoms with E-state index in [4.69, 9.17) is 28.3 Å². The van der Waals surface area contributed by atoms with E-state index in [9.17, 15) is 9.59 Å². The number of amides is 1. The van der Waals surface area contributed by atoms with Crippen molar-refractivity contribution >= 4 is 52.5 Å². The minimum absolute atomic E-state index is 0.172. The number of nitrogens with one attached hydrogen (secondary N) is 1. The number of anilines is 1. The number of aromatic carboxylic acids is 1. The third-order valence-corrected chi connectivity index (χ3v) is 4.62. The van der Waals surface area contributed by atoms with E-state index in [1.807, 2.05) is 0 Å². The Morgan fingerprint density at radius 1 is 1.04 bits per heavy atom. The predicted octanol–water partition coefficient (Wildman–Crippen LogP) is 4.56. The minimum Gasteiger partial charge on any atom is -0.478 e. The lowest BCUT2D eigenvalue weighted by Gasteiger charge is -2.08. The quantitative estimate of drug-likeness (QED) is 0.782. The van der Waals surface area contributed by atoms with E-state index in [0.717, 1.165) is 5.56 Å². The first kappa shape index (κ1) is 17.7. The molecule has 0 aliphatic heterocycles. The van der Waals surface area contributed by atoms with Gasteiger partial charge in [0.2, 0.25) is 5.91 Å². The number of halogens is 2. The largest absolute Gasteiger partial charge is 0.478 e. The van der Waals surface area contributed by atoms with Crippen molar-refractivity contribution in [3.05, 3.63) is 63.6 Å². The van der Waals surface area contributed by atoms with Crippen LogP contribution in [0.2, 0.25) is 10.0 Å². The Kier molecular flexibility index (Phi) is 6.33. The topological polar surface area (TPSA) is 66.4 Å². The molecular formula is C16H13Cl2NO3S. The van der Waals surface area contributed by atoms with Crippen molar-refractivity contribution in [2.24, 2.45) is 0 Å². The van der Waals surface area contributed by atoms with E-state index in [0.29, 0.717) is 21.5 Å². The lowest BCUT2D eigenvalue weighted by Crippen LogP contribution is -2.14. The van der Waals surface area contributed by atoms with Gasteiger partial charge in [0.15, 0.2) is 0 Å². The van der Waals surface area contributed by atoms with Crippen LogP contribution in [0.15, 0.2) is 42.5 Å². The number of benzene rings is 2. The molecule has 2 aromatic rings. The van der Waals surface area contributed by atoms with Crippen molar-refractivity contribution < 1.29 is 14.7 Å². The summed E-state index contributed by atoms with van der Waals surface area (Å²) in [6, 6.07) is 11.3. The highest BCUT2D eigenvalue weighted by Gasteiger charge is 2.08. The fourth-order valence-electron chi connectivity index (χ4n) is 1.81. The van der Waals surface area contributed by atoms with Crippen LogP contribution in [0.25, 0.3) is 0 Å². The van der Waals surface area contributed by atoms with Crippen LogP contribution in [0.5, 0.6) is 0 Å². The molecule has 120 valence electrons. The highest BCUT2D eigenvalue weighted by Crippen LogP contribution is 2.28. The molecule has 7 heteroatoms. The van der Waals surface area contributed by atoms with E-state index < -0.39 is 5.97 Å². The molecule has 0 fully saturated rings.